The highest BCUT2D eigenvalue weighted by molar-refractivity contribution is 5.99. The molecule has 0 bridgehead atoms. The van der Waals surface area contributed by atoms with E-state index in [9.17, 15) is 9.59 Å². The van der Waals surface area contributed by atoms with Crippen LogP contribution in [0, 0.1) is 0 Å². The number of methoxy groups -OCH3 is 1. The molecule has 0 spiro atoms. The van der Waals surface area contributed by atoms with Crippen molar-refractivity contribution < 1.29 is 14.3 Å². The first-order valence-electron chi connectivity index (χ1n) is 9.60. The number of hydrogen-bond donors (Lipinski definition) is 2. The molecule has 150 valence electrons. The molecule has 1 atom stereocenters. The molecule has 8 heteroatoms. The summed E-state index contributed by atoms with van der Waals surface area (Å²) in [6, 6.07) is 9.15. The predicted molar refractivity (Wildman–Crippen MR) is 107 cm³/mol. The van der Waals surface area contributed by atoms with E-state index in [0.717, 1.165) is 25.9 Å². The van der Waals surface area contributed by atoms with Crippen LogP contribution < -0.4 is 15.4 Å². The van der Waals surface area contributed by atoms with Gasteiger partial charge in [-0.1, -0.05) is 12.1 Å². The molecule has 1 fully saturated rings. The van der Waals surface area contributed by atoms with Crippen LogP contribution in [-0.2, 0) is 4.79 Å². The molecule has 1 saturated heterocycles. The summed E-state index contributed by atoms with van der Waals surface area (Å²) >= 11 is 0. The van der Waals surface area contributed by atoms with Crippen molar-refractivity contribution in [3.05, 3.63) is 42.2 Å². The Bertz CT molecular complexity index is 814. The first kappa shape index (κ1) is 19.9. The van der Waals surface area contributed by atoms with Crippen LogP contribution in [0.4, 0.5) is 5.69 Å². The predicted octanol–water partition coefficient (Wildman–Crippen LogP) is 1.92. The Morgan fingerprint density at radius 2 is 2.18 bits per heavy atom. The number of benzene rings is 1. The second-order valence-electron chi connectivity index (χ2n) is 6.75. The van der Waals surface area contributed by atoms with E-state index in [0.29, 0.717) is 23.7 Å². The fourth-order valence-electron chi connectivity index (χ4n) is 3.31. The van der Waals surface area contributed by atoms with E-state index in [-0.39, 0.29) is 24.4 Å². The van der Waals surface area contributed by atoms with Gasteiger partial charge in [-0.3, -0.25) is 14.3 Å². The number of carbonyl (C=O) groups is 2. The number of nitrogens with one attached hydrogen (secondary N) is 2. The second kappa shape index (κ2) is 9.36. The number of anilines is 1. The summed E-state index contributed by atoms with van der Waals surface area (Å²) in [4.78, 5) is 26.7. The molecular formula is C20H27N5O3. The molecule has 8 nitrogen and oxygen atoms in total. The number of rotatable bonds is 7. The number of likely N-dealkylation sites (N-methyl/N-ethyl adjacent to an activating group) is 1. The molecule has 3 rings (SSSR count). The third-order valence-corrected chi connectivity index (χ3v) is 4.86. The van der Waals surface area contributed by atoms with Crippen LogP contribution in [0.15, 0.2) is 36.5 Å². The summed E-state index contributed by atoms with van der Waals surface area (Å²) in [6.07, 6.45) is 3.98. The Hall–Kier alpha value is -2.87. The lowest BCUT2D eigenvalue weighted by Crippen LogP contribution is -2.38. The summed E-state index contributed by atoms with van der Waals surface area (Å²) in [6.45, 7) is 4.08. The van der Waals surface area contributed by atoms with E-state index in [1.165, 1.54) is 4.90 Å². The Kier molecular flexibility index (Phi) is 6.65. The van der Waals surface area contributed by atoms with Crippen LogP contribution in [0.25, 0.3) is 0 Å². The molecule has 1 aromatic heterocycles. The zero-order chi connectivity index (χ0) is 19.9. The highest BCUT2D eigenvalue weighted by atomic mass is 16.5. The van der Waals surface area contributed by atoms with E-state index in [2.05, 4.69) is 15.7 Å². The molecule has 0 aliphatic carbocycles. The quantitative estimate of drug-likeness (QED) is 0.760. The van der Waals surface area contributed by atoms with Gasteiger partial charge in [0.2, 0.25) is 5.91 Å². The maximum absolute atomic E-state index is 12.8. The van der Waals surface area contributed by atoms with Crippen LogP contribution in [0.2, 0.25) is 0 Å². The van der Waals surface area contributed by atoms with E-state index in [1.807, 2.05) is 29.9 Å². The third-order valence-electron chi connectivity index (χ3n) is 4.86. The summed E-state index contributed by atoms with van der Waals surface area (Å²) < 4.78 is 7.09. The van der Waals surface area contributed by atoms with Crippen molar-refractivity contribution >= 4 is 17.5 Å². The molecule has 2 heterocycles. The lowest BCUT2D eigenvalue weighted by atomic mass is 10.1. The Morgan fingerprint density at radius 3 is 2.89 bits per heavy atom. The molecule has 2 amide bonds. The van der Waals surface area contributed by atoms with Gasteiger partial charge in [0, 0.05) is 19.3 Å². The van der Waals surface area contributed by atoms with Gasteiger partial charge in [-0.05, 0) is 44.5 Å². The van der Waals surface area contributed by atoms with Gasteiger partial charge in [-0.25, -0.2) is 0 Å². The van der Waals surface area contributed by atoms with Crippen molar-refractivity contribution in [3.63, 3.8) is 0 Å². The van der Waals surface area contributed by atoms with E-state index in [4.69, 9.17) is 4.74 Å². The molecule has 1 unspecified atom stereocenters. The van der Waals surface area contributed by atoms with Crippen LogP contribution in [0.1, 0.15) is 36.3 Å². The molecule has 2 aromatic rings. The zero-order valence-corrected chi connectivity index (χ0v) is 16.4. The Morgan fingerprint density at radius 1 is 1.36 bits per heavy atom. The number of carbonyl (C=O) groups excluding carboxylic acids is 2. The minimum atomic E-state index is -0.282. The topological polar surface area (TPSA) is 88.5 Å². The van der Waals surface area contributed by atoms with E-state index >= 15 is 0 Å². The maximum Gasteiger partial charge on any atom is 0.274 e. The number of amides is 2. The minimum Gasteiger partial charge on any atom is -0.495 e. The molecule has 1 aliphatic rings. The normalized spacial score (nSPS) is 16.4. The maximum atomic E-state index is 12.8. The average Bonchev–Trinajstić information content (AvgIpc) is 3.23. The first-order valence-corrected chi connectivity index (χ1v) is 9.60. The van der Waals surface area contributed by atoms with Crippen molar-refractivity contribution in [1.82, 2.24) is 20.0 Å². The summed E-state index contributed by atoms with van der Waals surface area (Å²) in [5.41, 5.74) is 0.935. The minimum absolute atomic E-state index is 0.0504. The standard InChI is InChI=1S/C20H27N5O3/c1-3-24(14-19(26)22-16-8-4-5-9-18(16)28-2)20(27)17-10-12-25(23-17)15-7-6-11-21-13-15/h4-5,8-10,12,15,21H,3,6-7,11,13-14H2,1-2H3,(H,22,26). The van der Waals surface area contributed by atoms with Gasteiger partial charge in [0.15, 0.2) is 0 Å². The SMILES string of the molecule is CCN(CC(=O)Nc1ccccc1OC)C(=O)c1ccn(C2CCCNC2)n1. The van der Waals surface area contributed by atoms with Crippen LogP contribution in [-0.4, -0.2) is 59.8 Å². The van der Waals surface area contributed by atoms with Gasteiger partial charge in [-0.2, -0.15) is 5.10 Å². The van der Waals surface area contributed by atoms with Gasteiger partial charge < -0.3 is 20.3 Å². The van der Waals surface area contributed by atoms with Crippen molar-refractivity contribution in [3.8, 4) is 5.75 Å². The lowest BCUT2D eigenvalue weighted by Gasteiger charge is -2.23. The highest BCUT2D eigenvalue weighted by Crippen LogP contribution is 2.23. The molecular weight excluding hydrogens is 358 g/mol. The first-order chi connectivity index (χ1) is 13.6. The largest absolute Gasteiger partial charge is 0.495 e. The van der Waals surface area contributed by atoms with Crippen molar-refractivity contribution in [2.45, 2.75) is 25.8 Å². The number of aromatic nitrogens is 2. The van der Waals surface area contributed by atoms with Crippen LogP contribution in [0.5, 0.6) is 5.75 Å². The molecule has 0 saturated carbocycles. The van der Waals surface area contributed by atoms with Crippen LogP contribution >= 0.6 is 0 Å². The fourth-order valence-corrected chi connectivity index (χ4v) is 3.31. The molecule has 28 heavy (non-hydrogen) atoms. The van der Waals surface area contributed by atoms with E-state index < -0.39 is 0 Å². The molecule has 0 radical (unpaired) electrons. The molecule has 2 N–H and O–H groups in total. The molecule has 1 aromatic carbocycles. The van der Waals surface area contributed by atoms with Gasteiger partial charge in [-0.15, -0.1) is 0 Å². The Labute approximate surface area is 164 Å². The second-order valence-corrected chi connectivity index (χ2v) is 6.75. The van der Waals surface area contributed by atoms with E-state index in [1.54, 1.807) is 25.3 Å². The number of hydrogen-bond acceptors (Lipinski definition) is 5. The Balaban J connectivity index is 1.63. The fraction of sp³-hybridized carbons (Fsp3) is 0.450. The number of ether oxygens (including phenoxy) is 1. The molecule has 1 aliphatic heterocycles. The number of piperidine rings is 1. The third kappa shape index (κ3) is 4.69. The van der Waals surface area contributed by atoms with Gasteiger partial charge >= 0.3 is 0 Å². The van der Waals surface area contributed by atoms with Crippen molar-refractivity contribution in [2.75, 3.05) is 38.6 Å². The monoisotopic (exact) mass is 385 g/mol. The van der Waals surface area contributed by atoms with Gasteiger partial charge in [0.1, 0.15) is 18.0 Å². The van der Waals surface area contributed by atoms with Gasteiger partial charge in [0.05, 0.1) is 18.8 Å². The van der Waals surface area contributed by atoms with Crippen molar-refractivity contribution in [2.24, 2.45) is 0 Å². The van der Waals surface area contributed by atoms with Gasteiger partial charge in [0.25, 0.3) is 5.91 Å². The van der Waals surface area contributed by atoms with Crippen molar-refractivity contribution in [1.29, 1.82) is 0 Å². The summed E-state index contributed by atoms with van der Waals surface area (Å²) in [7, 11) is 1.55. The summed E-state index contributed by atoms with van der Waals surface area (Å²) in [5.74, 6) is 0.0425. The van der Waals surface area contributed by atoms with Crippen LogP contribution in [0.3, 0.4) is 0 Å². The zero-order valence-electron chi connectivity index (χ0n) is 16.4. The smallest absolute Gasteiger partial charge is 0.274 e. The lowest BCUT2D eigenvalue weighted by molar-refractivity contribution is -0.116. The summed E-state index contributed by atoms with van der Waals surface area (Å²) in [5, 5.41) is 10.6. The number of nitrogens with zero attached hydrogens (tertiary/aromatic N) is 3. The highest BCUT2D eigenvalue weighted by Gasteiger charge is 2.22. The average molecular weight is 385 g/mol. The number of para-hydroxylation sites is 2.